The molecule has 160 valence electrons. The summed E-state index contributed by atoms with van der Waals surface area (Å²) < 4.78 is 10.0. The lowest BCUT2D eigenvalue weighted by molar-refractivity contribution is 0.293. The molecule has 0 bridgehead atoms. The Bertz CT molecular complexity index is 1370. The van der Waals surface area contributed by atoms with Crippen LogP contribution in [-0.4, -0.2) is 24.1 Å². The number of pyridine rings is 1. The van der Waals surface area contributed by atoms with Gasteiger partial charge in [0.05, 0.1) is 10.7 Å². The molecule has 0 saturated carbocycles. The number of fused-ring (bicyclic) bond motifs is 1. The molecule has 3 heterocycles. The quantitative estimate of drug-likeness (QED) is 0.289. The van der Waals surface area contributed by atoms with Gasteiger partial charge >= 0.3 is 0 Å². The van der Waals surface area contributed by atoms with Gasteiger partial charge < -0.3 is 9.14 Å². The van der Waals surface area contributed by atoms with E-state index < -0.39 is 0 Å². The van der Waals surface area contributed by atoms with Crippen molar-refractivity contribution < 1.29 is 4.74 Å². The second-order valence-corrected chi connectivity index (χ2v) is 8.58. The number of imidazole rings is 1. The van der Waals surface area contributed by atoms with Crippen LogP contribution in [0.3, 0.4) is 0 Å². The highest BCUT2D eigenvalue weighted by Crippen LogP contribution is 2.28. The Labute approximate surface area is 194 Å². The first-order valence-electron chi connectivity index (χ1n) is 10.1. The van der Waals surface area contributed by atoms with Crippen molar-refractivity contribution in [3.05, 3.63) is 101 Å². The molecule has 0 radical (unpaired) electrons. The van der Waals surface area contributed by atoms with E-state index in [1.807, 2.05) is 65.4 Å². The first-order valence-corrected chi connectivity index (χ1v) is 11.5. The van der Waals surface area contributed by atoms with Gasteiger partial charge in [-0.2, -0.15) is 0 Å². The van der Waals surface area contributed by atoms with Gasteiger partial charge in [0.2, 0.25) is 0 Å². The van der Waals surface area contributed by atoms with Crippen LogP contribution in [0.2, 0.25) is 5.02 Å². The van der Waals surface area contributed by atoms with Crippen LogP contribution in [0.4, 0.5) is 0 Å². The minimum Gasteiger partial charge on any atom is -0.484 e. The maximum absolute atomic E-state index is 6.23. The summed E-state index contributed by atoms with van der Waals surface area (Å²) in [6.45, 7) is 2.32. The molecule has 0 atom stereocenters. The molecule has 0 unspecified atom stereocenters. The molecular weight excluding hydrogens is 442 g/mol. The van der Waals surface area contributed by atoms with Crippen molar-refractivity contribution in [1.29, 1.82) is 0 Å². The second kappa shape index (κ2) is 9.06. The number of benzene rings is 2. The Balaban J connectivity index is 1.41. The van der Waals surface area contributed by atoms with Crippen LogP contribution in [-0.2, 0) is 12.4 Å². The summed E-state index contributed by atoms with van der Waals surface area (Å²) >= 11 is 7.83. The first kappa shape index (κ1) is 20.6. The first-order chi connectivity index (χ1) is 15.7. The number of ether oxygens (including phenoxy) is 1. The Morgan fingerprint density at radius 3 is 2.59 bits per heavy atom. The lowest BCUT2D eigenvalue weighted by atomic mass is 10.3. The van der Waals surface area contributed by atoms with Crippen molar-refractivity contribution >= 4 is 29.0 Å². The molecule has 0 aliphatic rings. The fourth-order valence-corrected chi connectivity index (χ4v) is 4.49. The predicted octanol–water partition coefficient (Wildman–Crippen LogP) is 5.75. The largest absolute Gasteiger partial charge is 0.484 e. The molecule has 2 aromatic carbocycles. The van der Waals surface area contributed by atoms with E-state index in [1.54, 1.807) is 17.8 Å². The average molecular weight is 462 g/mol. The Morgan fingerprint density at radius 1 is 0.969 bits per heavy atom. The monoisotopic (exact) mass is 461 g/mol. The van der Waals surface area contributed by atoms with E-state index in [4.69, 9.17) is 21.3 Å². The van der Waals surface area contributed by atoms with Crippen LogP contribution >= 0.6 is 23.4 Å². The van der Waals surface area contributed by atoms with E-state index in [-0.39, 0.29) is 6.61 Å². The van der Waals surface area contributed by atoms with E-state index in [9.17, 15) is 0 Å². The highest BCUT2D eigenvalue weighted by Gasteiger charge is 2.16. The van der Waals surface area contributed by atoms with Gasteiger partial charge in [-0.25, -0.2) is 4.98 Å². The lowest BCUT2D eigenvalue weighted by Gasteiger charge is -2.11. The molecule has 5 rings (SSSR count). The van der Waals surface area contributed by atoms with Crippen LogP contribution in [0.25, 0.3) is 11.3 Å². The average Bonchev–Trinajstić information content (AvgIpc) is 3.42. The second-order valence-electron chi connectivity index (χ2n) is 7.23. The molecule has 0 amide bonds. The number of hydrogen-bond donors (Lipinski definition) is 0. The van der Waals surface area contributed by atoms with Crippen LogP contribution < -0.4 is 4.74 Å². The summed E-state index contributed by atoms with van der Waals surface area (Å²) in [5.74, 6) is 1.99. The van der Waals surface area contributed by atoms with E-state index in [0.29, 0.717) is 22.3 Å². The molecule has 3 aromatic heterocycles. The number of aromatic nitrogens is 5. The molecule has 32 heavy (non-hydrogen) atoms. The molecule has 0 fully saturated rings. The number of rotatable bonds is 7. The number of nitrogens with zero attached hydrogens (tertiary/aromatic N) is 5. The minimum absolute atomic E-state index is 0.250. The molecule has 5 aromatic rings. The summed E-state index contributed by atoms with van der Waals surface area (Å²) in [5, 5.41) is 10.2. The molecule has 0 aliphatic carbocycles. The van der Waals surface area contributed by atoms with Crippen LogP contribution in [0, 0.1) is 6.92 Å². The summed E-state index contributed by atoms with van der Waals surface area (Å²) in [7, 11) is 0. The van der Waals surface area contributed by atoms with Crippen molar-refractivity contribution in [3.63, 3.8) is 0 Å². The highest BCUT2D eigenvalue weighted by atomic mass is 35.5. The van der Waals surface area contributed by atoms with E-state index in [1.165, 1.54) is 0 Å². The highest BCUT2D eigenvalue weighted by molar-refractivity contribution is 7.98. The van der Waals surface area contributed by atoms with Gasteiger partial charge in [0, 0.05) is 23.8 Å². The number of aryl methyl sites for hydroxylation is 1. The SMILES string of the molecule is Cc1cccn2cc(CSc3nnc(COc4ccccc4Cl)n3-c3ccccc3)nc12. The summed E-state index contributed by atoms with van der Waals surface area (Å²) in [6, 6.07) is 21.5. The maximum atomic E-state index is 6.23. The summed E-state index contributed by atoms with van der Waals surface area (Å²) in [5.41, 5.74) is 4.08. The number of hydrogen-bond acceptors (Lipinski definition) is 5. The molecular formula is C24H20ClN5OS. The maximum Gasteiger partial charge on any atom is 0.196 e. The zero-order chi connectivity index (χ0) is 21.9. The van der Waals surface area contributed by atoms with Crippen molar-refractivity contribution in [3.8, 4) is 11.4 Å². The Kier molecular flexibility index (Phi) is 5.83. The van der Waals surface area contributed by atoms with Crippen molar-refractivity contribution in [2.45, 2.75) is 24.4 Å². The van der Waals surface area contributed by atoms with Crippen LogP contribution in [0.15, 0.2) is 84.3 Å². The number of para-hydroxylation sites is 2. The third kappa shape index (κ3) is 4.22. The predicted molar refractivity (Wildman–Crippen MR) is 127 cm³/mol. The number of halogens is 1. The van der Waals surface area contributed by atoms with Crippen molar-refractivity contribution in [2.24, 2.45) is 0 Å². The fraction of sp³-hybridized carbons (Fsp3) is 0.125. The van der Waals surface area contributed by atoms with Crippen LogP contribution in [0.5, 0.6) is 5.75 Å². The molecule has 6 nitrogen and oxygen atoms in total. The van der Waals surface area contributed by atoms with Gasteiger partial charge in [0.25, 0.3) is 0 Å². The van der Waals surface area contributed by atoms with E-state index >= 15 is 0 Å². The van der Waals surface area contributed by atoms with Crippen LogP contribution in [0.1, 0.15) is 17.1 Å². The Morgan fingerprint density at radius 2 is 1.78 bits per heavy atom. The van der Waals surface area contributed by atoms with Crippen molar-refractivity contribution in [1.82, 2.24) is 24.1 Å². The molecule has 8 heteroatoms. The third-order valence-electron chi connectivity index (χ3n) is 4.99. The van der Waals surface area contributed by atoms with Gasteiger partial charge in [-0.15, -0.1) is 10.2 Å². The fourth-order valence-electron chi connectivity index (χ4n) is 3.44. The molecule has 0 aliphatic heterocycles. The molecule has 0 saturated heterocycles. The van der Waals surface area contributed by atoms with Gasteiger partial charge in [-0.1, -0.05) is 59.8 Å². The van der Waals surface area contributed by atoms with Gasteiger partial charge in [0.1, 0.15) is 18.0 Å². The molecule has 0 N–H and O–H groups in total. The summed E-state index contributed by atoms with van der Waals surface area (Å²) in [4.78, 5) is 4.77. The minimum atomic E-state index is 0.250. The zero-order valence-corrected chi connectivity index (χ0v) is 18.9. The zero-order valence-electron chi connectivity index (χ0n) is 17.4. The Hall–Kier alpha value is -3.29. The topological polar surface area (TPSA) is 57.2 Å². The standard InChI is InChI=1S/C24H20ClN5OS/c1-17-8-7-13-29-14-18(26-23(17)29)16-32-24-28-27-22(30(24)19-9-3-2-4-10-19)15-31-21-12-6-5-11-20(21)25/h2-14H,15-16H2,1H3. The third-order valence-corrected chi connectivity index (χ3v) is 6.26. The summed E-state index contributed by atoms with van der Waals surface area (Å²) in [6.07, 6.45) is 4.07. The van der Waals surface area contributed by atoms with Gasteiger partial charge in [-0.3, -0.25) is 4.57 Å². The van der Waals surface area contributed by atoms with E-state index in [0.717, 1.165) is 27.7 Å². The lowest BCUT2D eigenvalue weighted by Crippen LogP contribution is -2.06. The normalized spacial score (nSPS) is 11.2. The number of thioether (sulfide) groups is 1. The molecule has 0 spiro atoms. The smallest absolute Gasteiger partial charge is 0.196 e. The van der Waals surface area contributed by atoms with Gasteiger partial charge in [0.15, 0.2) is 11.0 Å². The van der Waals surface area contributed by atoms with Gasteiger partial charge in [-0.05, 0) is 42.8 Å². The van der Waals surface area contributed by atoms with E-state index in [2.05, 4.69) is 33.8 Å². The van der Waals surface area contributed by atoms with Crippen molar-refractivity contribution in [2.75, 3.05) is 0 Å².